The summed E-state index contributed by atoms with van der Waals surface area (Å²) in [6, 6.07) is 18.3. The first-order chi connectivity index (χ1) is 12.1. The van der Waals surface area contributed by atoms with Gasteiger partial charge in [-0.2, -0.15) is 0 Å². The van der Waals surface area contributed by atoms with E-state index in [4.69, 9.17) is 0 Å². The van der Waals surface area contributed by atoms with Gasteiger partial charge in [0.2, 0.25) is 11.8 Å². The van der Waals surface area contributed by atoms with E-state index in [9.17, 15) is 9.59 Å². The fraction of sp³-hybridized carbons (Fsp3) is 0.333. The van der Waals surface area contributed by atoms with Gasteiger partial charge in [-0.15, -0.1) is 0 Å². The lowest BCUT2D eigenvalue weighted by molar-refractivity contribution is -0.133. The predicted octanol–water partition coefficient (Wildman–Crippen LogP) is 2.67. The molecule has 25 heavy (non-hydrogen) atoms. The van der Waals surface area contributed by atoms with E-state index in [1.165, 1.54) is 11.1 Å². The molecule has 3 rings (SSSR count). The summed E-state index contributed by atoms with van der Waals surface area (Å²) >= 11 is 0. The molecule has 0 spiro atoms. The summed E-state index contributed by atoms with van der Waals surface area (Å²) in [6.45, 7) is 3.41. The molecule has 1 N–H and O–H groups in total. The van der Waals surface area contributed by atoms with Crippen molar-refractivity contribution in [1.29, 1.82) is 0 Å². The Morgan fingerprint density at radius 2 is 1.84 bits per heavy atom. The highest BCUT2D eigenvalue weighted by Gasteiger charge is 2.31. The van der Waals surface area contributed by atoms with E-state index >= 15 is 0 Å². The molecule has 1 fully saturated rings. The van der Waals surface area contributed by atoms with Gasteiger partial charge in [-0.05, 0) is 24.5 Å². The monoisotopic (exact) mass is 336 g/mol. The topological polar surface area (TPSA) is 49.4 Å². The Kier molecular flexibility index (Phi) is 5.49. The maximum atomic E-state index is 12.2. The maximum absolute atomic E-state index is 12.2. The van der Waals surface area contributed by atoms with Gasteiger partial charge in [-0.25, -0.2) is 0 Å². The van der Waals surface area contributed by atoms with E-state index in [0.717, 1.165) is 12.0 Å². The number of hydrogen-bond donors (Lipinski definition) is 1. The fourth-order valence-electron chi connectivity index (χ4n) is 3.20. The van der Waals surface area contributed by atoms with Crippen molar-refractivity contribution in [3.63, 3.8) is 0 Å². The molecule has 4 heteroatoms. The lowest BCUT2D eigenvalue weighted by atomic mass is 9.99. The Hall–Kier alpha value is -2.62. The number of nitrogens with zero attached hydrogens (tertiary/aromatic N) is 1. The van der Waals surface area contributed by atoms with Crippen LogP contribution >= 0.6 is 0 Å². The van der Waals surface area contributed by atoms with Crippen LogP contribution in [0.15, 0.2) is 54.6 Å². The number of rotatable bonds is 6. The number of carbonyl (C=O) groups is 2. The summed E-state index contributed by atoms with van der Waals surface area (Å²) in [5, 5.41) is 2.91. The molecule has 0 aliphatic carbocycles. The van der Waals surface area contributed by atoms with Crippen LogP contribution in [0, 0.1) is 6.92 Å². The first kappa shape index (κ1) is 17.2. The van der Waals surface area contributed by atoms with Gasteiger partial charge in [0.05, 0.1) is 6.54 Å². The van der Waals surface area contributed by atoms with Gasteiger partial charge in [0, 0.05) is 25.4 Å². The Morgan fingerprint density at radius 3 is 2.56 bits per heavy atom. The first-order valence-corrected chi connectivity index (χ1v) is 8.77. The largest absolute Gasteiger partial charge is 0.354 e. The first-order valence-electron chi connectivity index (χ1n) is 8.77. The molecule has 1 saturated heterocycles. The van der Waals surface area contributed by atoms with Gasteiger partial charge >= 0.3 is 0 Å². The number of nitrogens with one attached hydrogen (secondary N) is 1. The molecule has 0 aromatic heterocycles. The maximum Gasteiger partial charge on any atom is 0.239 e. The second-order valence-electron chi connectivity index (χ2n) is 6.67. The van der Waals surface area contributed by atoms with Gasteiger partial charge in [0.25, 0.3) is 0 Å². The molecule has 0 saturated carbocycles. The standard InChI is InChI=1S/C21H24N2O2/c1-16-7-9-17(10-8-16)11-12-22-20(24)15-23-14-19(13-21(23)25)18-5-3-2-4-6-18/h2-10,19H,11-15H2,1H3,(H,22,24). The third-order valence-electron chi connectivity index (χ3n) is 4.68. The molecule has 2 aromatic carbocycles. The zero-order valence-corrected chi connectivity index (χ0v) is 14.6. The van der Waals surface area contributed by atoms with Gasteiger partial charge in [-0.1, -0.05) is 60.2 Å². The lowest BCUT2D eigenvalue weighted by Gasteiger charge is -2.16. The molecular formula is C21H24N2O2. The quantitative estimate of drug-likeness (QED) is 0.882. The summed E-state index contributed by atoms with van der Waals surface area (Å²) in [6.07, 6.45) is 1.28. The highest BCUT2D eigenvalue weighted by Crippen LogP contribution is 2.27. The smallest absolute Gasteiger partial charge is 0.239 e. The van der Waals surface area contributed by atoms with Crippen LogP contribution in [0.25, 0.3) is 0 Å². The normalized spacial score (nSPS) is 16.9. The third kappa shape index (κ3) is 4.69. The van der Waals surface area contributed by atoms with E-state index in [2.05, 4.69) is 36.5 Å². The van der Waals surface area contributed by atoms with Crippen molar-refractivity contribution in [2.45, 2.75) is 25.7 Å². The Balaban J connectivity index is 1.45. The number of hydrogen-bond acceptors (Lipinski definition) is 2. The number of likely N-dealkylation sites (tertiary alicyclic amines) is 1. The molecule has 1 unspecified atom stereocenters. The minimum Gasteiger partial charge on any atom is -0.354 e. The van der Waals surface area contributed by atoms with Crippen molar-refractivity contribution in [3.8, 4) is 0 Å². The van der Waals surface area contributed by atoms with E-state index < -0.39 is 0 Å². The molecule has 1 heterocycles. The van der Waals surface area contributed by atoms with Gasteiger partial charge in [0.1, 0.15) is 0 Å². The van der Waals surface area contributed by atoms with E-state index in [1.807, 2.05) is 30.3 Å². The van der Waals surface area contributed by atoms with E-state index in [-0.39, 0.29) is 24.3 Å². The Bertz CT molecular complexity index is 725. The van der Waals surface area contributed by atoms with Crippen LogP contribution in [0.3, 0.4) is 0 Å². The number of carbonyl (C=O) groups excluding carboxylic acids is 2. The Labute approximate surface area is 148 Å². The van der Waals surface area contributed by atoms with Crippen LogP contribution < -0.4 is 5.32 Å². The summed E-state index contributed by atoms with van der Waals surface area (Å²) in [4.78, 5) is 26.0. The summed E-state index contributed by atoms with van der Waals surface area (Å²) in [5.41, 5.74) is 3.60. The fourth-order valence-corrected chi connectivity index (χ4v) is 3.20. The van der Waals surface area contributed by atoms with Gasteiger partial charge in [-0.3, -0.25) is 9.59 Å². The van der Waals surface area contributed by atoms with Crippen molar-refractivity contribution < 1.29 is 9.59 Å². The molecule has 1 atom stereocenters. The van der Waals surface area contributed by atoms with Gasteiger partial charge < -0.3 is 10.2 Å². The van der Waals surface area contributed by atoms with E-state index in [1.54, 1.807) is 4.90 Å². The number of benzene rings is 2. The minimum absolute atomic E-state index is 0.0579. The van der Waals surface area contributed by atoms with Crippen LogP contribution in [0.4, 0.5) is 0 Å². The van der Waals surface area contributed by atoms with Crippen molar-refractivity contribution in [2.24, 2.45) is 0 Å². The molecule has 0 bridgehead atoms. The van der Waals surface area contributed by atoms with Crippen LogP contribution in [0.5, 0.6) is 0 Å². The zero-order valence-electron chi connectivity index (χ0n) is 14.6. The summed E-state index contributed by atoms with van der Waals surface area (Å²) in [7, 11) is 0. The molecule has 2 amide bonds. The molecule has 0 radical (unpaired) electrons. The second-order valence-corrected chi connectivity index (χ2v) is 6.67. The van der Waals surface area contributed by atoms with Gasteiger partial charge in [0.15, 0.2) is 0 Å². The zero-order chi connectivity index (χ0) is 17.6. The molecule has 4 nitrogen and oxygen atoms in total. The van der Waals surface area contributed by atoms with Crippen LogP contribution in [0.1, 0.15) is 29.0 Å². The summed E-state index contributed by atoms with van der Waals surface area (Å²) in [5.74, 6) is 0.158. The van der Waals surface area contributed by atoms with Crippen molar-refractivity contribution in [1.82, 2.24) is 10.2 Å². The number of amides is 2. The highest BCUT2D eigenvalue weighted by molar-refractivity contribution is 5.86. The predicted molar refractivity (Wildman–Crippen MR) is 98.3 cm³/mol. The molecule has 1 aliphatic rings. The van der Waals surface area contributed by atoms with Crippen LogP contribution in [-0.2, 0) is 16.0 Å². The van der Waals surface area contributed by atoms with E-state index in [0.29, 0.717) is 19.5 Å². The van der Waals surface area contributed by atoms with Crippen LogP contribution in [-0.4, -0.2) is 36.3 Å². The molecule has 2 aromatic rings. The second kappa shape index (κ2) is 7.97. The van der Waals surface area contributed by atoms with Crippen molar-refractivity contribution in [3.05, 3.63) is 71.3 Å². The third-order valence-corrected chi connectivity index (χ3v) is 4.68. The highest BCUT2D eigenvalue weighted by atomic mass is 16.2. The SMILES string of the molecule is Cc1ccc(CCNC(=O)CN2CC(c3ccccc3)CC2=O)cc1. The molecule has 130 valence electrons. The average molecular weight is 336 g/mol. The summed E-state index contributed by atoms with van der Waals surface area (Å²) < 4.78 is 0. The minimum atomic E-state index is -0.0887. The lowest BCUT2D eigenvalue weighted by Crippen LogP contribution is -2.38. The van der Waals surface area contributed by atoms with Crippen molar-refractivity contribution >= 4 is 11.8 Å². The molecule has 1 aliphatic heterocycles. The molecular weight excluding hydrogens is 312 g/mol. The number of aryl methyl sites for hydroxylation is 1. The Morgan fingerprint density at radius 1 is 1.12 bits per heavy atom. The van der Waals surface area contributed by atoms with Crippen molar-refractivity contribution in [2.75, 3.05) is 19.6 Å². The van der Waals surface area contributed by atoms with Crippen LogP contribution in [0.2, 0.25) is 0 Å². The average Bonchev–Trinajstić information content (AvgIpc) is 2.98.